The van der Waals surface area contributed by atoms with Crippen molar-refractivity contribution in [2.75, 3.05) is 20.8 Å². The van der Waals surface area contributed by atoms with E-state index in [4.69, 9.17) is 4.74 Å². The van der Waals surface area contributed by atoms with Crippen LogP contribution in [0.15, 0.2) is 0 Å². The molecule has 0 aromatic rings. The highest BCUT2D eigenvalue weighted by Crippen LogP contribution is 2.17. The zero-order valence-corrected chi connectivity index (χ0v) is 6.87. The van der Waals surface area contributed by atoms with E-state index in [9.17, 15) is 4.79 Å². The number of likely N-dealkylation sites (tertiary alicyclic amines) is 1. The fourth-order valence-electron chi connectivity index (χ4n) is 1.31. The molecular weight excluding hydrogens is 146 g/mol. The summed E-state index contributed by atoms with van der Waals surface area (Å²) >= 11 is 0. The minimum absolute atomic E-state index is 0.0811. The summed E-state index contributed by atoms with van der Waals surface area (Å²) in [6.07, 6.45) is 1.52. The van der Waals surface area contributed by atoms with Gasteiger partial charge in [-0.3, -0.25) is 4.90 Å². The summed E-state index contributed by atoms with van der Waals surface area (Å²) in [5.41, 5.74) is 0. The van der Waals surface area contributed by atoms with E-state index in [1.165, 1.54) is 7.11 Å². The molecule has 0 N–H and O–H groups in total. The molecule has 1 rings (SSSR count). The van der Waals surface area contributed by atoms with Crippen molar-refractivity contribution in [2.24, 2.45) is 0 Å². The zero-order chi connectivity index (χ0) is 8.27. The van der Waals surface area contributed by atoms with Crippen LogP contribution in [0.2, 0.25) is 0 Å². The molecule has 4 heteroatoms. The van der Waals surface area contributed by atoms with Gasteiger partial charge in [-0.1, -0.05) is 0 Å². The van der Waals surface area contributed by atoms with Crippen molar-refractivity contribution in [3.63, 3.8) is 0 Å². The first-order chi connectivity index (χ1) is 5.29. The van der Waals surface area contributed by atoms with Gasteiger partial charge in [-0.05, 0) is 12.8 Å². The molecule has 1 fully saturated rings. The molecule has 4 nitrogen and oxygen atoms in total. The highest BCUT2D eigenvalue weighted by atomic mass is 16.6. The predicted octanol–water partition coefficient (Wildman–Crippen LogP) is 0.821. The summed E-state index contributed by atoms with van der Waals surface area (Å²) in [4.78, 5) is 12.6. The molecule has 1 atom stereocenters. The van der Waals surface area contributed by atoms with Crippen LogP contribution in [0.4, 0.5) is 4.79 Å². The van der Waals surface area contributed by atoms with Crippen molar-refractivity contribution in [3.05, 3.63) is 0 Å². The Labute approximate surface area is 66.1 Å². The first kappa shape index (κ1) is 8.33. The highest BCUT2D eigenvalue weighted by Gasteiger charge is 2.28. The van der Waals surface area contributed by atoms with Gasteiger partial charge in [0.25, 0.3) is 0 Å². The first-order valence-electron chi connectivity index (χ1n) is 3.67. The third-order valence-corrected chi connectivity index (χ3v) is 1.88. The quantitative estimate of drug-likeness (QED) is 0.568. The average molecular weight is 159 g/mol. The lowest BCUT2D eigenvalue weighted by molar-refractivity contribution is -0.000687. The summed E-state index contributed by atoms with van der Waals surface area (Å²) in [6.45, 7) is 0.741. The number of carbonyl (C=O) groups is 1. The van der Waals surface area contributed by atoms with Crippen LogP contribution in [0, 0.1) is 0 Å². The van der Waals surface area contributed by atoms with Gasteiger partial charge < -0.3 is 9.47 Å². The largest absolute Gasteiger partial charge is 0.453 e. The Balaban J connectivity index is 2.49. The molecule has 0 aromatic heterocycles. The molecule has 0 unspecified atom stereocenters. The summed E-state index contributed by atoms with van der Waals surface area (Å²) in [5.74, 6) is 0. The fourth-order valence-corrected chi connectivity index (χ4v) is 1.31. The number of carbonyl (C=O) groups excluding carboxylic acids is 1. The molecule has 0 saturated carbocycles. The van der Waals surface area contributed by atoms with E-state index in [1.54, 1.807) is 12.0 Å². The SMILES string of the molecule is COC(=O)N1CCC[C@@H]1OC. The van der Waals surface area contributed by atoms with Crippen LogP contribution in [0.5, 0.6) is 0 Å². The molecule has 1 saturated heterocycles. The van der Waals surface area contributed by atoms with Crippen LogP contribution in [-0.4, -0.2) is 38.0 Å². The Kier molecular flexibility index (Phi) is 2.70. The van der Waals surface area contributed by atoms with E-state index in [1.807, 2.05) is 0 Å². The molecule has 1 aliphatic rings. The van der Waals surface area contributed by atoms with Gasteiger partial charge in [-0.25, -0.2) is 4.79 Å². The van der Waals surface area contributed by atoms with Crippen LogP contribution in [0.1, 0.15) is 12.8 Å². The van der Waals surface area contributed by atoms with Gasteiger partial charge in [0, 0.05) is 13.7 Å². The zero-order valence-electron chi connectivity index (χ0n) is 6.87. The number of nitrogens with zero attached hydrogens (tertiary/aromatic N) is 1. The maximum Gasteiger partial charge on any atom is 0.411 e. The van der Waals surface area contributed by atoms with Crippen molar-refractivity contribution in [2.45, 2.75) is 19.1 Å². The number of amides is 1. The second-order valence-electron chi connectivity index (χ2n) is 2.50. The molecule has 0 bridgehead atoms. The van der Waals surface area contributed by atoms with Gasteiger partial charge in [0.1, 0.15) is 6.23 Å². The van der Waals surface area contributed by atoms with Gasteiger partial charge in [0.15, 0.2) is 0 Å². The summed E-state index contributed by atoms with van der Waals surface area (Å²) < 4.78 is 9.64. The lowest BCUT2D eigenvalue weighted by Crippen LogP contribution is -2.36. The van der Waals surface area contributed by atoms with Gasteiger partial charge in [-0.2, -0.15) is 0 Å². The molecule has 1 aliphatic heterocycles. The smallest absolute Gasteiger partial charge is 0.411 e. The molecule has 64 valence electrons. The minimum Gasteiger partial charge on any atom is -0.453 e. The Bertz CT molecular complexity index is 149. The Morgan fingerprint density at radius 2 is 2.27 bits per heavy atom. The molecule has 1 heterocycles. The summed E-state index contributed by atoms with van der Waals surface area (Å²) in [7, 11) is 2.99. The third kappa shape index (κ3) is 1.63. The van der Waals surface area contributed by atoms with E-state index < -0.39 is 0 Å². The number of rotatable bonds is 1. The standard InChI is InChI=1S/C7H13NO3/c1-10-6-4-3-5-8(6)7(9)11-2/h6H,3-5H2,1-2H3/t6-/m0/s1. The number of hydrogen-bond donors (Lipinski definition) is 0. The van der Waals surface area contributed by atoms with Crippen molar-refractivity contribution in [1.29, 1.82) is 0 Å². The molecular formula is C7H13NO3. The molecule has 0 spiro atoms. The topological polar surface area (TPSA) is 38.8 Å². The lowest BCUT2D eigenvalue weighted by Gasteiger charge is -2.21. The lowest BCUT2D eigenvalue weighted by atomic mass is 10.4. The second kappa shape index (κ2) is 3.57. The molecule has 0 aliphatic carbocycles. The monoisotopic (exact) mass is 159 g/mol. The molecule has 0 radical (unpaired) electrons. The van der Waals surface area contributed by atoms with Crippen molar-refractivity contribution in [3.8, 4) is 0 Å². The van der Waals surface area contributed by atoms with E-state index in [2.05, 4.69) is 4.74 Å². The highest BCUT2D eigenvalue weighted by molar-refractivity contribution is 5.67. The second-order valence-corrected chi connectivity index (χ2v) is 2.50. The van der Waals surface area contributed by atoms with Crippen LogP contribution >= 0.6 is 0 Å². The Hall–Kier alpha value is -0.770. The van der Waals surface area contributed by atoms with Crippen molar-refractivity contribution < 1.29 is 14.3 Å². The van der Waals surface area contributed by atoms with Crippen LogP contribution in [0.3, 0.4) is 0 Å². The molecule has 0 aromatic carbocycles. The third-order valence-electron chi connectivity index (χ3n) is 1.88. The summed E-state index contributed by atoms with van der Waals surface area (Å²) in [6, 6.07) is 0. The Morgan fingerprint density at radius 3 is 2.82 bits per heavy atom. The maximum atomic E-state index is 11.0. The Morgan fingerprint density at radius 1 is 1.55 bits per heavy atom. The number of methoxy groups -OCH3 is 2. The van der Waals surface area contributed by atoms with E-state index in [0.29, 0.717) is 0 Å². The normalized spacial score (nSPS) is 23.8. The van der Waals surface area contributed by atoms with Crippen LogP contribution in [0.25, 0.3) is 0 Å². The van der Waals surface area contributed by atoms with Gasteiger partial charge in [0.05, 0.1) is 7.11 Å². The van der Waals surface area contributed by atoms with Crippen LogP contribution < -0.4 is 0 Å². The average Bonchev–Trinajstić information content (AvgIpc) is 2.50. The van der Waals surface area contributed by atoms with Gasteiger partial charge in [-0.15, -0.1) is 0 Å². The van der Waals surface area contributed by atoms with Crippen molar-refractivity contribution in [1.82, 2.24) is 4.90 Å². The van der Waals surface area contributed by atoms with E-state index >= 15 is 0 Å². The first-order valence-corrected chi connectivity index (χ1v) is 3.67. The van der Waals surface area contributed by atoms with Gasteiger partial charge >= 0.3 is 6.09 Å². The number of ether oxygens (including phenoxy) is 2. The molecule has 1 amide bonds. The number of hydrogen-bond acceptors (Lipinski definition) is 3. The van der Waals surface area contributed by atoms with Gasteiger partial charge in [0.2, 0.25) is 0 Å². The van der Waals surface area contributed by atoms with E-state index in [-0.39, 0.29) is 12.3 Å². The molecule has 11 heavy (non-hydrogen) atoms. The minimum atomic E-state index is -0.297. The van der Waals surface area contributed by atoms with Crippen molar-refractivity contribution >= 4 is 6.09 Å². The maximum absolute atomic E-state index is 11.0. The fraction of sp³-hybridized carbons (Fsp3) is 0.857. The van der Waals surface area contributed by atoms with Crippen LogP contribution in [-0.2, 0) is 9.47 Å². The predicted molar refractivity (Wildman–Crippen MR) is 39.1 cm³/mol. The summed E-state index contributed by atoms with van der Waals surface area (Å²) in [5, 5.41) is 0. The van der Waals surface area contributed by atoms with E-state index in [0.717, 1.165) is 19.4 Å².